The lowest BCUT2D eigenvalue weighted by molar-refractivity contribution is -0.136. The molecular formula is C22H19N3O2. The summed E-state index contributed by atoms with van der Waals surface area (Å²) in [5, 5.41) is 14.2. The van der Waals surface area contributed by atoms with Crippen LogP contribution in [0.1, 0.15) is 17.0 Å². The number of nitrogens with zero attached hydrogens (tertiary/aromatic N) is 1. The summed E-state index contributed by atoms with van der Waals surface area (Å²) < 4.78 is 0. The number of rotatable bonds is 5. The van der Waals surface area contributed by atoms with Gasteiger partial charge in [-0.1, -0.05) is 72.8 Å². The summed E-state index contributed by atoms with van der Waals surface area (Å²) in [6.07, 6.45) is 0. The van der Waals surface area contributed by atoms with Crippen molar-refractivity contribution in [3.05, 3.63) is 102 Å². The van der Waals surface area contributed by atoms with Crippen molar-refractivity contribution in [3.63, 3.8) is 0 Å². The van der Waals surface area contributed by atoms with Crippen LogP contribution in [0.15, 0.2) is 84.9 Å². The van der Waals surface area contributed by atoms with E-state index in [4.69, 9.17) is 0 Å². The van der Waals surface area contributed by atoms with E-state index < -0.39 is 11.5 Å². The fourth-order valence-electron chi connectivity index (χ4n) is 3.17. The Balaban J connectivity index is 1.63. The Morgan fingerprint density at radius 3 is 2.04 bits per heavy atom. The molecule has 0 aliphatic rings. The third-order valence-electron chi connectivity index (χ3n) is 4.57. The SMILES string of the molecule is O=C(NCc1nc2ccccc2[nH]1)C(O)(c1ccccc1)c1ccccc1. The summed E-state index contributed by atoms with van der Waals surface area (Å²) in [5.41, 5.74) is 0.983. The molecule has 0 atom stereocenters. The number of amides is 1. The summed E-state index contributed by atoms with van der Waals surface area (Å²) in [7, 11) is 0. The van der Waals surface area contributed by atoms with Gasteiger partial charge < -0.3 is 15.4 Å². The first-order valence-electron chi connectivity index (χ1n) is 8.73. The molecule has 134 valence electrons. The fraction of sp³-hybridized carbons (Fsp3) is 0.0909. The molecule has 0 saturated carbocycles. The fourth-order valence-corrected chi connectivity index (χ4v) is 3.17. The van der Waals surface area contributed by atoms with Crippen LogP contribution < -0.4 is 5.32 Å². The molecule has 0 aliphatic carbocycles. The average molecular weight is 357 g/mol. The first kappa shape index (κ1) is 17.0. The molecule has 0 bridgehead atoms. The number of aliphatic hydroxyl groups is 1. The van der Waals surface area contributed by atoms with E-state index in [1.165, 1.54) is 0 Å². The van der Waals surface area contributed by atoms with Crippen molar-refractivity contribution in [1.82, 2.24) is 15.3 Å². The zero-order valence-corrected chi connectivity index (χ0v) is 14.6. The predicted octanol–water partition coefficient (Wildman–Crippen LogP) is 3.12. The smallest absolute Gasteiger partial charge is 0.261 e. The maximum Gasteiger partial charge on any atom is 0.261 e. The number of fused-ring (bicyclic) bond motifs is 1. The molecule has 1 aromatic heterocycles. The third-order valence-corrected chi connectivity index (χ3v) is 4.57. The Kier molecular flexibility index (Phi) is 4.44. The molecule has 27 heavy (non-hydrogen) atoms. The van der Waals surface area contributed by atoms with E-state index >= 15 is 0 Å². The van der Waals surface area contributed by atoms with Gasteiger partial charge in [-0.3, -0.25) is 4.79 Å². The number of hydrogen-bond donors (Lipinski definition) is 3. The van der Waals surface area contributed by atoms with Crippen molar-refractivity contribution in [1.29, 1.82) is 0 Å². The third kappa shape index (κ3) is 3.20. The van der Waals surface area contributed by atoms with E-state index in [1.54, 1.807) is 48.5 Å². The number of aromatic amines is 1. The van der Waals surface area contributed by atoms with E-state index in [1.807, 2.05) is 36.4 Å². The van der Waals surface area contributed by atoms with Crippen molar-refractivity contribution < 1.29 is 9.90 Å². The summed E-state index contributed by atoms with van der Waals surface area (Å²) in [5.74, 6) is 0.133. The average Bonchev–Trinajstić information content (AvgIpc) is 3.15. The molecule has 3 aromatic carbocycles. The normalized spacial score (nSPS) is 11.4. The standard InChI is InChI=1S/C22H19N3O2/c26-21(23-15-20-24-18-13-7-8-14-19(18)25-20)22(27,16-9-3-1-4-10-16)17-11-5-2-6-12-17/h1-14,27H,15H2,(H,23,26)(H,24,25). The summed E-state index contributed by atoms with van der Waals surface area (Å²) >= 11 is 0. The molecule has 0 radical (unpaired) electrons. The molecule has 0 unspecified atom stereocenters. The van der Waals surface area contributed by atoms with Crippen LogP contribution in [0.4, 0.5) is 0 Å². The summed E-state index contributed by atoms with van der Waals surface area (Å²) in [4.78, 5) is 20.7. The molecule has 0 saturated heterocycles. The molecular weight excluding hydrogens is 338 g/mol. The number of nitrogens with one attached hydrogen (secondary N) is 2. The van der Waals surface area contributed by atoms with Crippen molar-refractivity contribution in [2.24, 2.45) is 0 Å². The van der Waals surface area contributed by atoms with Crippen LogP contribution in [0.5, 0.6) is 0 Å². The highest BCUT2D eigenvalue weighted by molar-refractivity contribution is 5.90. The number of carbonyl (C=O) groups excluding carboxylic acids is 1. The molecule has 5 nitrogen and oxygen atoms in total. The number of hydrogen-bond acceptors (Lipinski definition) is 3. The zero-order valence-electron chi connectivity index (χ0n) is 14.6. The van der Waals surface area contributed by atoms with Gasteiger partial charge in [0.15, 0.2) is 5.60 Å². The van der Waals surface area contributed by atoms with Gasteiger partial charge in [-0.15, -0.1) is 0 Å². The van der Waals surface area contributed by atoms with Gasteiger partial charge in [0.2, 0.25) is 0 Å². The maximum atomic E-state index is 13.1. The highest BCUT2D eigenvalue weighted by Crippen LogP contribution is 2.30. The molecule has 1 amide bonds. The second-order valence-corrected chi connectivity index (χ2v) is 6.33. The first-order valence-corrected chi connectivity index (χ1v) is 8.73. The Bertz CT molecular complexity index is 986. The quantitative estimate of drug-likeness (QED) is 0.513. The van der Waals surface area contributed by atoms with Crippen molar-refractivity contribution >= 4 is 16.9 Å². The van der Waals surface area contributed by atoms with Crippen LogP contribution in [0.2, 0.25) is 0 Å². The summed E-state index contributed by atoms with van der Waals surface area (Å²) in [6.45, 7) is 0.190. The lowest BCUT2D eigenvalue weighted by Gasteiger charge is -2.28. The van der Waals surface area contributed by atoms with E-state index in [0.29, 0.717) is 17.0 Å². The van der Waals surface area contributed by atoms with Gasteiger partial charge in [-0.25, -0.2) is 4.98 Å². The molecule has 0 fully saturated rings. The van der Waals surface area contributed by atoms with Gasteiger partial charge in [0, 0.05) is 0 Å². The topological polar surface area (TPSA) is 78.0 Å². The molecule has 0 aliphatic heterocycles. The van der Waals surface area contributed by atoms with Crippen LogP contribution in [0.3, 0.4) is 0 Å². The lowest BCUT2D eigenvalue weighted by atomic mass is 9.85. The van der Waals surface area contributed by atoms with Gasteiger partial charge in [-0.05, 0) is 23.3 Å². The number of imidazole rings is 1. The van der Waals surface area contributed by atoms with Crippen LogP contribution in [-0.2, 0) is 16.9 Å². The van der Waals surface area contributed by atoms with Crippen LogP contribution in [-0.4, -0.2) is 21.0 Å². The number of H-pyrrole nitrogens is 1. The minimum absolute atomic E-state index is 0.190. The lowest BCUT2D eigenvalue weighted by Crippen LogP contribution is -2.45. The largest absolute Gasteiger partial charge is 0.372 e. The summed E-state index contributed by atoms with van der Waals surface area (Å²) in [6, 6.07) is 25.5. The molecule has 4 aromatic rings. The number of carbonyl (C=O) groups is 1. The Morgan fingerprint density at radius 2 is 1.44 bits per heavy atom. The van der Waals surface area contributed by atoms with Crippen molar-refractivity contribution in [3.8, 4) is 0 Å². The monoisotopic (exact) mass is 357 g/mol. The van der Waals surface area contributed by atoms with Gasteiger partial charge in [0.25, 0.3) is 5.91 Å². The Hall–Kier alpha value is -3.44. The van der Waals surface area contributed by atoms with Crippen molar-refractivity contribution in [2.45, 2.75) is 12.1 Å². The number of aromatic nitrogens is 2. The van der Waals surface area contributed by atoms with Gasteiger partial charge in [-0.2, -0.15) is 0 Å². The Labute approximate surface area is 156 Å². The second kappa shape index (κ2) is 7.05. The van der Waals surface area contributed by atoms with Gasteiger partial charge in [0.05, 0.1) is 17.6 Å². The maximum absolute atomic E-state index is 13.1. The highest BCUT2D eigenvalue weighted by Gasteiger charge is 2.39. The minimum Gasteiger partial charge on any atom is -0.372 e. The van der Waals surface area contributed by atoms with Gasteiger partial charge >= 0.3 is 0 Å². The van der Waals surface area contributed by atoms with Crippen molar-refractivity contribution in [2.75, 3.05) is 0 Å². The first-order chi connectivity index (χ1) is 13.2. The van der Waals surface area contributed by atoms with Gasteiger partial charge in [0.1, 0.15) is 5.82 Å². The second-order valence-electron chi connectivity index (χ2n) is 6.33. The van der Waals surface area contributed by atoms with E-state index in [-0.39, 0.29) is 6.54 Å². The van der Waals surface area contributed by atoms with Crippen LogP contribution in [0, 0.1) is 0 Å². The number of benzene rings is 3. The van der Waals surface area contributed by atoms with E-state index in [9.17, 15) is 9.90 Å². The molecule has 3 N–H and O–H groups in total. The minimum atomic E-state index is -1.78. The molecule has 5 heteroatoms. The number of para-hydroxylation sites is 2. The van der Waals surface area contributed by atoms with E-state index in [0.717, 1.165) is 11.0 Å². The van der Waals surface area contributed by atoms with Crippen LogP contribution >= 0.6 is 0 Å². The molecule has 0 spiro atoms. The predicted molar refractivity (Wildman–Crippen MR) is 104 cm³/mol. The van der Waals surface area contributed by atoms with E-state index in [2.05, 4.69) is 15.3 Å². The zero-order chi connectivity index (χ0) is 18.7. The molecule has 4 rings (SSSR count). The Morgan fingerprint density at radius 1 is 0.889 bits per heavy atom. The van der Waals surface area contributed by atoms with Crippen LogP contribution in [0.25, 0.3) is 11.0 Å². The highest BCUT2D eigenvalue weighted by atomic mass is 16.3. The molecule has 1 heterocycles.